The lowest BCUT2D eigenvalue weighted by atomic mass is 9.72. The fourth-order valence-corrected chi connectivity index (χ4v) is 2.72. The van der Waals surface area contributed by atoms with Crippen LogP contribution in [0.3, 0.4) is 0 Å². The normalized spacial score (nSPS) is 15.5. The molecule has 0 aliphatic carbocycles. The van der Waals surface area contributed by atoms with Gasteiger partial charge in [-0.1, -0.05) is 17.3 Å². The number of amides is 2. The monoisotopic (exact) mass is 373 g/mol. The number of carbonyl (C=O) groups is 3. The van der Waals surface area contributed by atoms with Crippen molar-refractivity contribution in [3.8, 4) is 5.75 Å². The predicted molar refractivity (Wildman–Crippen MR) is 91.0 cm³/mol. The van der Waals surface area contributed by atoms with E-state index < -0.39 is 30.8 Å². The molecule has 0 saturated carbocycles. The van der Waals surface area contributed by atoms with Gasteiger partial charge in [0.2, 0.25) is 5.91 Å². The molecule has 3 rings (SSSR count). The van der Waals surface area contributed by atoms with E-state index in [2.05, 4.69) is 20.9 Å². The Morgan fingerprint density at radius 2 is 2.19 bits per heavy atom. The molecule has 1 aliphatic rings. The van der Waals surface area contributed by atoms with Gasteiger partial charge in [0.25, 0.3) is 5.91 Å². The van der Waals surface area contributed by atoms with Crippen molar-refractivity contribution >= 4 is 24.9 Å². The lowest BCUT2D eigenvalue weighted by molar-refractivity contribution is -0.122. The summed E-state index contributed by atoms with van der Waals surface area (Å²) in [6.45, 7) is -0.213. The van der Waals surface area contributed by atoms with E-state index in [1.807, 2.05) is 0 Å². The molecular formula is C15H16BN5O6. The molecule has 1 unspecified atom stereocenters. The van der Waals surface area contributed by atoms with Crippen LogP contribution in [-0.4, -0.2) is 63.0 Å². The number of carbonyl (C=O) groups excluding carboxylic acids is 2. The molecular weight excluding hydrogens is 357 g/mol. The molecule has 0 radical (unpaired) electrons. The van der Waals surface area contributed by atoms with E-state index in [4.69, 9.17) is 4.65 Å². The molecule has 2 amide bonds. The van der Waals surface area contributed by atoms with E-state index in [0.717, 1.165) is 0 Å². The summed E-state index contributed by atoms with van der Waals surface area (Å²) >= 11 is 0. The highest BCUT2D eigenvalue weighted by atomic mass is 16.5. The van der Waals surface area contributed by atoms with Gasteiger partial charge in [0.05, 0.1) is 17.7 Å². The van der Waals surface area contributed by atoms with Gasteiger partial charge >= 0.3 is 13.1 Å². The summed E-state index contributed by atoms with van der Waals surface area (Å²) < 4.78 is 6.50. The number of fused-ring (bicyclic) bond motifs is 1. The molecule has 12 heteroatoms. The first-order valence-corrected chi connectivity index (χ1v) is 8.00. The zero-order valence-electron chi connectivity index (χ0n) is 14.2. The van der Waals surface area contributed by atoms with Crippen LogP contribution < -0.4 is 15.3 Å². The Bertz CT molecular complexity index is 901. The zero-order chi connectivity index (χ0) is 19.6. The average molecular weight is 373 g/mol. The van der Waals surface area contributed by atoms with Crippen molar-refractivity contribution in [2.24, 2.45) is 0 Å². The number of hydrogen-bond donors (Lipinski definition) is 4. The molecule has 0 saturated heterocycles. The third-order valence-corrected chi connectivity index (χ3v) is 4.00. The Balaban J connectivity index is 1.67. The number of carboxylic acids is 1. The largest absolute Gasteiger partial charge is 0.547 e. The second-order valence-electron chi connectivity index (χ2n) is 5.87. The predicted octanol–water partition coefficient (Wildman–Crippen LogP) is -1.52. The SMILES string of the molecule is CNC(=O)c1cn(CC(=O)NC2Cc3cccc(C(=O)O)c3OB2O)nn1. The fraction of sp³-hybridized carbons (Fsp3) is 0.267. The van der Waals surface area contributed by atoms with Crippen LogP contribution in [0.25, 0.3) is 0 Å². The van der Waals surface area contributed by atoms with Crippen LogP contribution in [0, 0.1) is 0 Å². The number of rotatable bonds is 5. The van der Waals surface area contributed by atoms with Gasteiger partial charge in [0, 0.05) is 7.05 Å². The minimum atomic E-state index is -1.40. The second-order valence-corrected chi connectivity index (χ2v) is 5.87. The maximum atomic E-state index is 12.2. The van der Waals surface area contributed by atoms with Crippen LogP contribution >= 0.6 is 0 Å². The van der Waals surface area contributed by atoms with Crippen LogP contribution in [0.1, 0.15) is 26.4 Å². The van der Waals surface area contributed by atoms with Crippen molar-refractivity contribution in [1.29, 1.82) is 0 Å². The van der Waals surface area contributed by atoms with Crippen LogP contribution in [0.4, 0.5) is 0 Å². The number of nitrogens with one attached hydrogen (secondary N) is 2. The number of benzene rings is 1. The maximum absolute atomic E-state index is 12.2. The number of para-hydroxylation sites is 1. The maximum Gasteiger partial charge on any atom is 0.547 e. The fourth-order valence-electron chi connectivity index (χ4n) is 2.72. The minimum Gasteiger partial charge on any atom is -0.534 e. The molecule has 27 heavy (non-hydrogen) atoms. The second kappa shape index (κ2) is 7.46. The van der Waals surface area contributed by atoms with E-state index in [0.29, 0.717) is 5.56 Å². The first-order chi connectivity index (χ1) is 12.9. The van der Waals surface area contributed by atoms with Crippen molar-refractivity contribution in [3.63, 3.8) is 0 Å². The molecule has 1 aromatic carbocycles. The molecule has 1 aliphatic heterocycles. The van der Waals surface area contributed by atoms with Gasteiger partial charge in [-0.25, -0.2) is 9.48 Å². The van der Waals surface area contributed by atoms with Gasteiger partial charge in [-0.15, -0.1) is 5.10 Å². The zero-order valence-corrected chi connectivity index (χ0v) is 14.2. The Kier molecular flexibility index (Phi) is 5.08. The molecule has 0 fully saturated rings. The summed E-state index contributed by atoms with van der Waals surface area (Å²) in [4.78, 5) is 34.9. The molecule has 11 nitrogen and oxygen atoms in total. The lowest BCUT2D eigenvalue weighted by Gasteiger charge is -2.28. The first-order valence-electron chi connectivity index (χ1n) is 8.00. The first kappa shape index (κ1) is 18.4. The number of hydrogen-bond acceptors (Lipinski definition) is 7. The van der Waals surface area contributed by atoms with Crippen LogP contribution in [0.15, 0.2) is 24.4 Å². The van der Waals surface area contributed by atoms with Gasteiger partial charge in [0.15, 0.2) is 5.69 Å². The number of nitrogens with zero attached hydrogens (tertiary/aromatic N) is 3. The van der Waals surface area contributed by atoms with Gasteiger partial charge in [0.1, 0.15) is 12.3 Å². The number of carboxylic acid groups (broad SMARTS) is 1. The van der Waals surface area contributed by atoms with Crippen molar-refractivity contribution in [2.75, 3.05) is 7.05 Å². The van der Waals surface area contributed by atoms with E-state index in [9.17, 15) is 24.5 Å². The summed E-state index contributed by atoms with van der Waals surface area (Å²) in [6, 6.07) is 4.61. The molecule has 2 heterocycles. The third kappa shape index (κ3) is 3.90. The number of aromatic nitrogens is 3. The summed E-state index contributed by atoms with van der Waals surface area (Å²) in [5.74, 6) is -2.75. The van der Waals surface area contributed by atoms with Crippen LogP contribution in [-0.2, 0) is 17.8 Å². The smallest absolute Gasteiger partial charge is 0.534 e. The Labute approximate surface area is 153 Å². The van der Waals surface area contributed by atoms with Gasteiger partial charge < -0.3 is 25.4 Å². The summed E-state index contributed by atoms with van der Waals surface area (Å²) in [6.07, 6.45) is 1.52. The van der Waals surface area contributed by atoms with Crippen molar-refractivity contribution in [1.82, 2.24) is 25.6 Å². The molecule has 0 spiro atoms. The molecule has 4 N–H and O–H groups in total. The Morgan fingerprint density at radius 1 is 1.41 bits per heavy atom. The molecule has 0 bridgehead atoms. The highest BCUT2D eigenvalue weighted by molar-refractivity contribution is 6.47. The number of aromatic carboxylic acids is 1. The molecule has 140 valence electrons. The van der Waals surface area contributed by atoms with E-state index in [1.165, 1.54) is 24.0 Å². The third-order valence-electron chi connectivity index (χ3n) is 4.00. The Morgan fingerprint density at radius 3 is 2.89 bits per heavy atom. The minimum absolute atomic E-state index is 0.0549. The van der Waals surface area contributed by atoms with Gasteiger partial charge in [-0.3, -0.25) is 9.59 Å². The standard InChI is InChI=1S/C15H16BN5O6/c1-17-14(23)10-6-21(20-19-10)7-12(22)18-11-5-8-3-2-4-9(15(24)25)13(8)27-16(11)26/h2-4,6,11,26H,5,7H2,1H3,(H,17,23)(H,18,22)(H,24,25). The highest BCUT2D eigenvalue weighted by Gasteiger charge is 2.37. The summed E-state index contributed by atoms with van der Waals surface area (Å²) in [7, 11) is 0.0469. The van der Waals surface area contributed by atoms with Gasteiger partial charge in [-0.2, -0.15) is 0 Å². The van der Waals surface area contributed by atoms with Crippen LogP contribution in [0.5, 0.6) is 5.75 Å². The quantitative estimate of drug-likeness (QED) is 0.460. The topological polar surface area (TPSA) is 156 Å². The molecule has 1 atom stereocenters. The van der Waals surface area contributed by atoms with E-state index in [1.54, 1.807) is 12.1 Å². The van der Waals surface area contributed by atoms with Gasteiger partial charge in [-0.05, 0) is 18.1 Å². The van der Waals surface area contributed by atoms with Crippen molar-refractivity contribution in [3.05, 3.63) is 41.2 Å². The summed E-state index contributed by atoms with van der Waals surface area (Å²) in [5.41, 5.74) is 0.579. The lowest BCUT2D eigenvalue weighted by Crippen LogP contribution is -2.53. The van der Waals surface area contributed by atoms with Crippen molar-refractivity contribution < 1.29 is 29.2 Å². The van der Waals surface area contributed by atoms with E-state index >= 15 is 0 Å². The molecule has 1 aromatic heterocycles. The average Bonchev–Trinajstić information content (AvgIpc) is 3.09. The molecule has 2 aromatic rings. The van der Waals surface area contributed by atoms with Crippen molar-refractivity contribution in [2.45, 2.75) is 18.9 Å². The Hall–Kier alpha value is -3.41. The van der Waals surface area contributed by atoms with E-state index in [-0.39, 0.29) is 30.0 Å². The van der Waals surface area contributed by atoms with Crippen LogP contribution in [0.2, 0.25) is 0 Å². The highest BCUT2D eigenvalue weighted by Crippen LogP contribution is 2.30. The summed E-state index contributed by atoms with van der Waals surface area (Å²) in [5, 5.41) is 31.7.